The largest absolute Gasteiger partial charge is 0.496 e. The summed E-state index contributed by atoms with van der Waals surface area (Å²) < 4.78 is 219. The van der Waals surface area contributed by atoms with Crippen molar-refractivity contribution in [1.29, 1.82) is 0 Å². The molecule has 2 saturated carbocycles. The molecule has 0 spiro atoms. The Bertz CT molecular complexity index is 3440. The number of rotatable bonds is 16. The molecule has 20 heteroatoms. The standard InChI is InChI=1S/2C23H28ClN3O5S/c2*1-32-21-12-9-17(24)15-20(21)22(28)25-14-13-16-7-10-19(11-8-16)33(30,31)27-23(29)26-18-5-3-2-4-6-18/h2*7-12,15,18H,2-6,13-14H2,1H3,(H,25,28)(H2,26,27,29)/i2D2,3D2,4D2,5D2,6D2,7D,8D,10D,11D,18D;7D,8D,10D,11D. The van der Waals surface area contributed by atoms with Crippen LogP contribution in [-0.2, 0) is 32.9 Å². The van der Waals surface area contributed by atoms with Gasteiger partial charge < -0.3 is 30.7 Å². The van der Waals surface area contributed by atoms with Gasteiger partial charge in [-0.15, -0.1) is 0 Å². The maximum atomic E-state index is 13.2. The number of hydrogen-bond donors (Lipinski definition) is 6. The Morgan fingerprint density at radius 2 is 1.08 bits per heavy atom. The van der Waals surface area contributed by atoms with E-state index in [9.17, 15) is 36.0 Å². The minimum absolute atomic E-state index is 0.0465. The molecular weight excluding hydrogens is 932 g/mol. The molecule has 0 aliphatic heterocycles. The molecule has 6 rings (SSSR count). The zero-order valence-electron chi connectivity index (χ0n) is 54.1. The second kappa shape index (κ2) is 24.8. The SMILES string of the molecule is [2H]c1c([2H])c(S(=O)(=O)NC(=O)NC2([2H])C([2H])([2H])C([2H])([2H])C([2H])([2H])C([2H])([2H])C2([2H])[2H])c([2H])c([2H])c1CCNC(=O)c1cc(Cl)ccc1OC.[2H]c1c([2H])c(S(=O)(=O)NC(=O)NC2CCCCC2)c([2H])c([2H])c1CCNC(=O)c1cc(Cl)ccc1OC. The van der Waals surface area contributed by atoms with Crippen molar-refractivity contribution in [3.05, 3.63) is 117 Å². The second-order valence-corrected chi connectivity index (χ2v) is 17.9. The summed E-state index contributed by atoms with van der Waals surface area (Å²) in [5.74, 6) is -0.726. The molecule has 0 heterocycles. The number of methoxy groups -OCH3 is 2. The Morgan fingerprint density at radius 3 is 1.50 bits per heavy atom. The van der Waals surface area contributed by atoms with Gasteiger partial charge in [0.05, 0.1) is 47.5 Å². The van der Waals surface area contributed by atoms with Gasteiger partial charge in [0.15, 0.2) is 0 Å². The first-order chi connectivity index (χ1) is 39.0. The molecule has 356 valence electrons. The fourth-order valence-corrected chi connectivity index (χ4v) is 7.83. The first kappa shape index (κ1) is 30.7. The van der Waals surface area contributed by atoms with E-state index in [1.807, 2.05) is 0 Å². The molecule has 66 heavy (non-hydrogen) atoms. The van der Waals surface area contributed by atoms with Gasteiger partial charge in [0, 0.05) is 48.9 Å². The van der Waals surface area contributed by atoms with Gasteiger partial charge in [0.1, 0.15) is 11.5 Å². The van der Waals surface area contributed by atoms with Crippen molar-refractivity contribution in [2.45, 2.75) is 98.7 Å². The quantitative estimate of drug-likeness (QED) is 0.0657. The Labute approximate surface area is 423 Å². The van der Waals surface area contributed by atoms with Crippen molar-refractivity contribution in [1.82, 2.24) is 30.7 Å². The average Bonchev–Trinajstić information content (AvgIpc) is 0.684. The van der Waals surface area contributed by atoms with Crippen molar-refractivity contribution in [3.8, 4) is 11.5 Å². The Kier molecular flexibility index (Phi) is 11.5. The highest BCUT2D eigenvalue weighted by Crippen LogP contribution is 2.24. The van der Waals surface area contributed by atoms with Gasteiger partial charge in [-0.2, -0.15) is 0 Å². The monoisotopic (exact) mass is 1010 g/mol. The minimum atomic E-state index is -5.46. The van der Waals surface area contributed by atoms with Crippen molar-refractivity contribution < 1.29 is 71.5 Å². The van der Waals surface area contributed by atoms with Gasteiger partial charge in [-0.05, 0) is 110 Å². The van der Waals surface area contributed by atoms with E-state index < -0.39 is 140 Å². The number of nitrogens with one attached hydrogen (secondary N) is 6. The lowest BCUT2D eigenvalue weighted by molar-refractivity contribution is 0.0942. The van der Waals surface area contributed by atoms with E-state index in [1.165, 1.54) is 54.6 Å². The van der Waals surface area contributed by atoms with Crippen LogP contribution in [0, 0.1) is 0 Å². The minimum Gasteiger partial charge on any atom is -0.496 e. The second-order valence-electron chi connectivity index (χ2n) is 13.8. The smallest absolute Gasteiger partial charge is 0.328 e. The average molecular weight is 1010 g/mol. The van der Waals surface area contributed by atoms with Crippen LogP contribution in [-0.4, -0.2) is 80.1 Å². The summed E-state index contributed by atoms with van der Waals surface area (Å²) >= 11 is 11.9. The number of halogens is 2. The third kappa shape index (κ3) is 15.8. The van der Waals surface area contributed by atoms with Gasteiger partial charge in [-0.3, -0.25) is 9.59 Å². The summed E-state index contributed by atoms with van der Waals surface area (Å²) in [6.07, 6.45) is -16.1. The lowest BCUT2D eigenvalue weighted by atomic mass is 9.96. The highest BCUT2D eigenvalue weighted by Gasteiger charge is 2.23. The third-order valence-corrected chi connectivity index (χ3v) is 12.0. The topological polar surface area (TPSA) is 227 Å². The van der Waals surface area contributed by atoms with Crippen LogP contribution in [0.4, 0.5) is 9.59 Å². The lowest BCUT2D eigenvalue weighted by Crippen LogP contribution is -2.45. The molecule has 6 amide bonds. The van der Waals surface area contributed by atoms with E-state index in [1.54, 1.807) is 10.8 Å². The number of carbonyl (C=O) groups excluding carboxylic acids is 4. The Morgan fingerprint density at radius 1 is 0.652 bits per heavy atom. The number of carbonyl (C=O) groups is 4. The molecule has 4 aromatic carbocycles. The fraction of sp³-hybridized carbons (Fsp3) is 0.391. The van der Waals surface area contributed by atoms with E-state index in [4.69, 9.17) is 58.7 Å². The van der Waals surface area contributed by atoms with Gasteiger partial charge in [0.2, 0.25) is 0 Å². The van der Waals surface area contributed by atoms with E-state index in [0.29, 0.717) is 10.8 Å². The van der Waals surface area contributed by atoms with Crippen LogP contribution in [0.25, 0.3) is 0 Å². The molecule has 16 nitrogen and oxygen atoms in total. The molecule has 0 radical (unpaired) electrons. The molecular formula is C46H56Cl2N6O10S2. The maximum Gasteiger partial charge on any atom is 0.328 e. The summed E-state index contributed by atoms with van der Waals surface area (Å²) in [6, 6.07) is -5.56. The predicted molar refractivity (Wildman–Crippen MR) is 252 cm³/mol. The Hall–Kier alpha value is -5.56. The van der Waals surface area contributed by atoms with E-state index >= 15 is 0 Å². The number of amides is 6. The number of ether oxygens (including phenoxy) is 2. The molecule has 0 bridgehead atoms. The van der Waals surface area contributed by atoms with Crippen LogP contribution in [0.2, 0.25) is 10.0 Å². The number of sulfonamides is 2. The molecule has 6 N–H and O–H groups in total. The molecule has 0 saturated heterocycles. The molecule has 2 aliphatic carbocycles. The molecule has 0 unspecified atom stereocenters. The number of hydrogen-bond acceptors (Lipinski definition) is 10. The summed E-state index contributed by atoms with van der Waals surface area (Å²) in [7, 11) is -7.44. The first-order valence-electron chi connectivity index (χ1n) is 29.1. The highest BCUT2D eigenvalue weighted by molar-refractivity contribution is 7.90. The van der Waals surface area contributed by atoms with Crippen LogP contribution >= 0.6 is 23.2 Å². The molecule has 2 aliphatic rings. The van der Waals surface area contributed by atoms with Gasteiger partial charge >= 0.3 is 12.1 Å². The van der Waals surface area contributed by atoms with Crippen molar-refractivity contribution in [2.75, 3.05) is 27.3 Å². The normalized spacial score (nSPS) is 22.8. The molecule has 0 aromatic heterocycles. The van der Waals surface area contributed by atoms with Crippen molar-refractivity contribution >= 4 is 67.1 Å². The van der Waals surface area contributed by atoms with Gasteiger partial charge in [0.25, 0.3) is 31.9 Å². The fourth-order valence-electron chi connectivity index (χ4n) is 5.94. The Balaban J connectivity index is 0.000000321. The summed E-state index contributed by atoms with van der Waals surface area (Å²) in [5.41, 5.74) is -0.211. The molecule has 4 aromatic rings. The zero-order valence-corrected chi connectivity index (χ0v) is 38.2. The summed E-state index contributed by atoms with van der Waals surface area (Å²) in [6.45, 7) is -0.342. The van der Waals surface area contributed by atoms with Gasteiger partial charge in [-0.1, -0.05) is 85.8 Å². The number of urea groups is 2. The first-order valence-corrected chi connectivity index (χ1v) is 23.4. The van der Waals surface area contributed by atoms with E-state index in [-0.39, 0.29) is 65.0 Å². The van der Waals surface area contributed by atoms with Crippen LogP contribution in [0.1, 0.15) is 122 Å². The molecule has 0 atom stereocenters. The summed E-state index contributed by atoms with van der Waals surface area (Å²) in [5, 5.41) is 9.47. The van der Waals surface area contributed by atoms with E-state index in [2.05, 4.69) is 16.0 Å². The van der Waals surface area contributed by atoms with Gasteiger partial charge in [-0.25, -0.2) is 35.9 Å². The van der Waals surface area contributed by atoms with Crippen LogP contribution < -0.4 is 40.2 Å². The third-order valence-electron chi connectivity index (χ3n) is 9.11. The zero-order chi connectivity index (χ0) is 64.5. The van der Waals surface area contributed by atoms with Crippen molar-refractivity contribution in [2.24, 2.45) is 0 Å². The maximum absolute atomic E-state index is 13.2. The van der Waals surface area contributed by atoms with Crippen molar-refractivity contribution in [3.63, 3.8) is 0 Å². The molecule has 2 fully saturated rings. The van der Waals surface area contributed by atoms with Crippen LogP contribution in [0.15, 0.2) is 94.5 Å². The number of benzene rings is 4. The predicted octanol–water partition coefficient (Wildman–Crippen LogP) is 7.28. The summed E-state index contributed by atoms with van der Waals surface area (Å²) in [4.78, 5) is 48.0. The van der Waals surface area contributed by atoms with Crippen LogP contribution in [0.3, 0.4) is 0 Å². The highest BCUT2D eigenvalue weighted by atomic mass is 35.5. The lowest BCUT2D eigenvalue weighted by Gasteiger charge is -2.22. The van der Waals surface area contributed by atoms with Crippen LogP contribution in [0.5, 0.6) is 11.5 Å². The van der Waals surface area contributed by atoms with E-state index in [0.717, 1.165) is 32.1 Å².